The zero-order chi connectivity index (χ0) is 25.7. The fraction of sp³-hybridized carbons (Fsp3) is 0.379. The monoisotopic (exact) mass is 537 g/mol. The van der Waals surface area contributed by atoms with Gasteiger partial charge in [-0.15, -0.1) is 0 Å². The lowest BCUT2D eigenvalue weighted by atomic mass is 9.89. The van der Waals surface area contributed by atoms with Crippen molar-refractivity contribution in [1.29, 1.82) is 0 Å². The van der Waals surface area contributed by atoms with E-state index in [1.54, 1.807) is 6.20 Å². The Labute approximate surface area is 225 Å². The third-order valence-corrected chi connectivity index (χ3v) is 8.58. The summed E-state index contributed by atoms with van der Waals surface area (Å²) in [5.74, 6) is 1.20. The van der Waals surface area contributed by atoms with Crippen molar-refractivity contribution in [3.05, 3.63) is 69.5 Å². The molecule has 0 amide bonds. The SMILES string of the molecule is Cn1cc(C(=O)O)c2ccc(N3CCC(CCc4c(-c5c(Cl)cccc5Cl)noc4C4CC4)CC3)cc21. The quantitative estimate of drug-likeness (QED) is 0.263. The molecule has 0 spiro atoms. The predicted octanol–water partition coefficient (Wildman–Crippen LogP) is 7.56. The molecule has 2 aromatic carbocycles. The molecule has 1 N–H and O–H groups in total. The summed E-state index contributed by atoms with van der Waals surface area (Å²) in [6, 6.07) is 11.7. The molecule has 0 atom stereocenters. The van der Waals surface area contributed by atoms with Gasteiger partial charge in [0.15, 0.2) is 0 Å². The molecule has 6 rings (SSSR count). The Kier molecular flexibility index (Phi) is 6.41. The molecule has 4 aromatic rings. The largest absolute Gasteiger partial charge is 0.478 e. The van der Waals surface area contributed by atoms with Gasteiger partial charge in [-0.1, -0.05) is 34.4 Å². The van der Waals surface area contributed by atoms with Gasteiger partial charge in [-0.25, -0.2) is 4.79 Å². The van der Waals surface area contributed by atoms with Gasteiger partial charge in [0.25, 0.3) is 0 Å². The van der Waals surface area contributed by atoms with Crippen molar-refractivity contribution in [2.24, 2.45) is 13.0 Å². The van der Waals surface area contributed by atoms with Crippen LogP contribution in [0.2, 0.25) is 10.0 Å². The first kappa shape index (κ1) is 24.4. The van der Waals surface area contributed by atoms with E-state index in [0.29, 0.717) is 27.4 Å². The standard InChI is InChI=1S/C29H29Cl2N3O3/c1-33-16-22(29(35)36)20-10-8-19(15-25(20)33)34-13-11-17(12-14-34)5-9-21-27(32-37-28(21)18-6-7-18)26-23(30)3-2-4-24(26)31/h2-4,8,10,15-18H,5-7,9,11-14H2,1H3,(H,35,36). The Bertz CT molecular complexity index is 1460. The van der Waals surface area contributed by atoms with Gasteiger partial charge in [0.2, 0.25) is 0 Å². The van der Waals surface area contributed by atoms with Crippen LogP contribution in [-0.4, -0.2) is 33.9 Å². The van der Waals surface area contributed by atoms with Crippen molar-refractivity contribution < 1.29 is 14.4 Å². The van der Waals surface area contributed by atoms with Gasteiger partial charge in [-0.3, -0.25) is 0 Å². The van der Waals surface area contributed by atoms with E-state index in [2.05, 4.69) is 16.1 Å². The molecule has 2 aromatic heterocycles. The van der Waals surface area contributed by atoms with E-state index in [-0.39, 0.29) is 0 Å². The second-order valence-corrected chi connectivity index (χ2v) is 11.2. The van der Waals surface area contributed by atoms with Crippen LogP contribution in [-0.2, 0) is 13.5 Å². The minimum Gasteiger partial charge on any atom is -0.478 e. The maximum atomic E-state index is 11.5. The molecular weight excluding hydrogens is 509 g/mol. The van der Waals surface area contributed by atoms with Gasteiger partial charge in [0.05, 0.1) is 21.1 Å². The predicted molar refractivity (Wildman–Crippen MR) is 147 cm³/mol. The van der Waals surface area contributed by atoms with Gasteiger partial charge in [0, 0.05) is 54.5 Å². The number of hydrogen-bond acceptors (Lipinski definition) is 4. The molecule has 0 radical (unpaired) electrons. The Balaban J connectivity index is 1.15. The number of fused-ring (bicyclic) bond motifs is 1. The molecule has 3 heterocycles. The minimum absolute atomic E-state index is 0.347. The van der Waals surface area contributed by atoms with Crippen LogP contribution in [0.5, 0.6) is 0 Å². The number of nitrogens with zero attached hydrogens (tertiary/aromatic N) is 3. The molecule has 1 saturated carbocycles. The van der Waals surface area contributed by atoms with Crippen molar-refractivity contribution >= 4 is 45.8 Å². The number of halogens is 2. The summed E-state index contributed by atoms with van der Waals surface area (Å²) >= 11 is 13.0. The van der Waals surface area contributed by atoms with Crippen LogP contribution in [0, 0.1) is 5.92 Å². The Hall–Kier alpha value is -2.96. The summed E-state index contributed by atoms with van der Waals surface area (Å²) < 4.78 is 7.74. The van der Waals surface area contributed by atoms with E-state index < -0.39 is 5.97 Å². The number of aromatic carboxylic acids is 1. The third-order valence-electron chi connectivity index (χ3n) is 7.95. The number of aromatic nitrogens is 2. The number of anilines is 1. The number of benzene rings is 2. The van der Waals surface area contributed by atoms with Crippen molar-refractivity contribution in [2.45, 2.75) is 44.4 Å². The molecule has 8 heteroatoms. The topological polar surface area (TPSA) is 71.5 Å². The summed E-state index contributed by atoms with van der Waals surface area (Å²) in [6.07, 6.45) is 8.18. The molecule has 1 aliphatic carbocycles. The Morgan fingerprint density at radius 1 is 1.11 bits per heavy atom. The van der Waals surface area contributed by atoms with Gasteiger partial charge >= 0.3 is 5.97 Å². The second-order valence-electron chi connectivity index (χ2n) is 10.4. The number of hydrogen-bond donors (Lipinski definition) is 1. The fourth-order valence-corrected chi connectivity index (χ4v) is 6.29. The summed E-state index contributed by atoms with van der Waals surface area (Å²) in [4.78, 5) is 14.0. The first-order chi connectivity index (χ1) is 17.9. The average Bonchev–Trinajstić information content (AvgIpc) is 3.57. The third kappa shape index (κ3) is 4.62. The molecule has 1 aliphatic heterocycles. The number of aryl methyl sites for hydroxylation is 1. The number of piperidine rings is 1. The van der Waals surface area contributed by atoms with Crippen molar-refractivity contribution in [3.63, 3.8) is 0 Å². The van der Waals surface area contributed by atoms with Gasteiger partial charge in [0.1, 0.15) is 11.5 Å². The van der Waals surface area contributed by atoms with Crippen molar-refractivity contribution in [1.82, 2.24) is 9.72 Å². The zero-order valence-electron chi connectivity index (χ0n) is 20.7. The normalized spacial score (nSPS) is 16.6. The zero-order valence-corrected chi connectivity index (χ0v) is 22.2. The first-order valence-electron chi connectivity index (χ1n) is 12.9. The minimum atomic E-state index is -0.892. The molecular formula is C29H29Cl2N3O3. The number of rotatable bonds is 7. The smallest absolute Gasteiger partial charge is 0.337 e. The van der Waals surface area contributed by atoms with Crippen LogP contribution >= 0.6 is 23.2 Å². The van der Waals surface area contributed by atoms with E-state index in [0.717, 1.165) is 85.2 Å². The summed E-state index contributed by atoms with van der Waals surface area (Å²) in [7, 11) is 1.90. The van der Waals surface area contributed by atoms with Gasteiger partial charge in [-0.2, -0.15) is 0 Å². The van der Waals surface area contributed by atoms with Crippen molar-refractivity contribution in [2.75, 3.05) is 18.0 Å². The van der Waals surface area contributed by atoms with E-state index in [9.17, 15) is 9.90 Å². The molecule has 6 nitrogen and oxygen atoms in total. The Morgan fingerprint density at radius 2 is 1.84 bits per heavy atom. The van der Waals surface area contributed by atoms with Gasteiger partial charge in [-0.05, 0) is 74.8 Å². The van der Waals surface area contributed by atoms with Crippen molar-refractivity contribution in [3.8, 4) is 11.3 Å². The van der Waals surface area contributed by atoms with Crippen LogP contribution in [0.3, 0.4) is 0 Å². The molecule has 37 heavy (non-hydrogen) atoms. The fourth-order valence-electron chi connectivity index (χ4n) is 5.72. The average molecular weight is 538 g/mol. The lowest BCUT2D eigenvalue weighted by molar-refractivity contribution is 0.0699. The van der Waals surface area contributed by atoms with Gasteiger partial charge < -0.3 is 19.1 Å². The maximum Gasteiger partial charge on any atom is 0.337 e. The highest BCUT2D eigenvalue weighted by Gasteiger charge is 2.33. The van der Waals surface area contributed by atoms with Crippen LogP contribution in [0.4, 0.5) is 5.69 Å². The summed E-state index contributed by atoms with van der Waals surface area (Å²) in [5.41, 5.74) is 5.18. The second kappa shape index (κ2) is 9.73. The maximum absolute atomic E-state index is 11.5. The molecule has 2 fully saturated rings. The van der Waals surface area contributed by atoms with E-state index in [1.807, 2.05) is 41.9 Å². The number of carboxylic acids is 1. The molecule has 0 bridgehead atoms. The summed E-state index contributed by atoms with van der Waals surface area (Å²) in [5, 5.41) is 15.9. The first-order valence-corrected chi connectivity index (χ1v) is 13.7. The van der Waals surface area contributed by atoms with Crippen LogP contribution in [0.25, 0.3) is 22.2 Å². The van der Waals surface area contributed by atoms with Crippen LogP contribution in [0.1, 0.15) is 59.7 Å². The highest BCUT2D eigenvalue weighted by molar-refractivity contribution is 6.39. The number of carbonyl (C=O) groups is 1. The lowest BCUT2D eigenvalue weighted by Gasteiger charge is -2.34. The molecule has 2 aliphatic rings. The number of carboxylic acid groups (broad SMARTS) is 1. The molecule has 192 valence electrons. The van der Waals surface area contributed by atoms with E-state index in [4.69, 9.17) is 27.7 Å². The lowest BCUT2D eigenvalue weighted by Crippen LogP contribution is -2.33. The van der Waals surface area contributed by atoms with Crippen LogP contribution < -0.4 is 4.90 Å². The van der Waals surface area contributed by atoms with E-state index >= 15 is 0 Å². The van der Waals surface area contributed by atoms with E-state index in [1.165, 1.54) is 5.56 Å². The highest BCUT2D eigenvalue weighted by Crippen LogP contribution is 2.46. The molecule has 1 saturated heterocycles. The van der Waals surface area contributed by atoms with Crippen LogP contribution in [0.15, 0.2) is 47.1 Å². The Morgan fingerprint density at radius 3 is 2.51 bits per heavy atom. The highest BCUT2D eigenvalue weighted by atomic mass is 35.5. The molecule has 0 unspecified atom stereocenters. The summed E-state index contributed by atoms with van der Waals surface area (Å²) in [6.45, 7) is 1.96.